The number of ether oxygens (including phenoxy) is 1. The Morgan fingerprint density at radius 1 is 1.05 bits per heavy atom. The van der Waals surface area contributed by atoms with Gasteiger partial charge < -0.3 is 9.30 Å². The number of benzene rings is 3. The van der Waals surface area contributed by atoms with Crippen molar-refractivity contribution in [2.75, 3.05) is 5.32 Å². The van der Waals surface area contributed by atoms with Crippen molar-refractivity contribution in [2.24, 2.45) is 0 Å². The van der Waals surface area contributed by atoms with Crippen molar-refractivity contribution in [3.8, 4) is 0 Å². The summed E-state index contributed by atoms with van der Waals surface area (Å²) in [6.45, 7) is 3.49. The Kier molecular flexibility index (Phi) is 6.83. The molecule has 1 atom stereocenters. The lowest BCUT2D eigenvalue weighted by Gasteiger charge is -2.19. The van der Waals surface area contributed by atoms with Gasteiger partial charge in [0.15, 0.2) is 11.4 Å². The number of nitrogens with one attached hydrogen (secondary N) is 2. The molecule has 5 rings (SSSR count). The Balaban J connectivity index is 1.56. The molecule has 4 aromatic rings. The van der Waals surface area contributed by atoms with E-state index in [4.69, 9.17) is 16.3 Å². The third kappa shape index (κ3) is 5.40. The van der Waals surface area contributed by atoms with E-state index in [1.165, 1.54) is 30.4 Å². The average Bonchev–Trinajstić information content (AvgIpc) is 3.28. The normalized spacial score (nSPS) is 17.1. The highest BCUT2D eigenvalue weighted by molar-refractivity contribution is 6.30. The number of carbonyl (C=O) groups excluding carboxylic acids is 3. The van der Waals surface area contributed by atoms with Gasteiger partial charge in [-0.2, -0.15) is 13.2 Å². The summed E-state index contributed by atoms with van der Waals surface area (Å²) in [7, 11) is 0. The van der Waals surface area contributed by atoms with E-state index in [-0.39, 0.29) is 24.4 Å². The molecule has 2 heterocycles. The average molecular weight is 570 g/mol. The number of imide groups is 1. The summed E-state index contributed by atoms with van der Waals surface area (Å²) in [6, 6.07) is 17.8. The predicted octanol–water partition coefficient (Wildman–Crippen LogP) is 6.38. The summed E-state index contributed by atoms with van der Waals surface area (Å²) >= 11 is 5.98. The van der Waals surface area contributed by atoms with E-state index < -0.39 is 23.9 Å². The lowest BCUT2D eigenvalue weighted by atomic mass is 9.95. The Morgan fingerprint density at radius 3 is 2.40 bits per heavy atom. The molecule has 206 valence electrons. The van der Waals surface area contributed by atoms with Crippen LogP contribution >= 0.6 is 11.6 Å². The van der Waals surface area contributed by atoms with Crippen molar-refractivity contribution in [2.45, 2.75) is 38.7 Å². The fourth-order valence-electron chi connectivity index (χ4n) is 4.98. The number of amides is 2. The van der Waals surface area contributed by atoms with Crippen molar-refractivity contribution < 1.29 is 32.3 Å². The van der Waals surface area contributed by atoms with Crippen LogP contribution < -0.4 is 10.6 Å². The highest BCUT2D eigenvalue weighted by Crippen LogP contribution is 2.33. The number of fused-ring (bicyclic) bond motifs is 1. The molecule has 0 radical (unpaired) electrons. The molecule has 1 aliphatic heterocycles. The zero-order valence-electron chi connectivity index (χ0n) is 21.4. The maximum absolute atomic E-state index is 13.6. The van der Waals surface area contributed by atoms with E-state index in [9.17, 15) is 27.6 Å². The number of carbonyl (C=O) groups is 3. The summed E-state index contributed by atoms with van der Waals surface area (Å²) in [5.74, 6) is -0.824. The van der Waals surface area contributed by atoms with Crippen LogP contribution in [0.5, 0.6) is 0 Å². The molecule has 1 aromatic heterocycles. The number of hydrogen-bond acceptors (Lipinski definition) is 5. The van der Waals surface area contributed by atoms with Gasteiger partial charge in [0.25, 0.3) is 5.91 Å². The summed E-state index contributed by atoms with van der Waals surface area (Å²) in [4.78, 5) is 37.4. The minimum Gasteiger partial charge on any atom is -0.432 e. The first-order valence-corrected chi connectivity index (χ1v) is 12.6. The lowest BCUT2D eigenvalue weighted by Crippen LogP contribution is -2.38. The molecular weight excluding hydrogens is 547 g/mol. The second-order valence-corrected chi connectivity index (χ2v) is 10.2. The Labute approximate surface area is 231 Å². The van der Waals surface area contributed by atoms with Gasteiger partial charge in [0.2, 0.25) is 0 Å². The smallest absolute Gasteiger partial charge is 0.432 e. The molecule has 2 amide bonds. The van der Waals surface area contributed by atoms with Crippen LogP contribution in [0.4, 0.5) is 23.7 Å². The number of cyclic esters (lactones) is 1. The molecule has 0 aliphatic carbocycles. The fraction of sp³-hybridized carbons (Fsp3) is 0.207. The number of rotatable bonds is 7. The maximum atomic E-state index is 13.6. The topological polar surface area (TPSA) is 89.4 Å². The Morgan fingerprint density at radius 2 is 1.75 bits per heavy atom. The lowest BCUT2D eigenvalue weighted by molar-refractivity contribution is -0.129. The molecule has 0 unspecified atom stereocenters. The molecule has 1 aliphatic rings. The Hall–Kier alpha value is -4.31. The molecule has 0 bridgehead atoms. The van der Waals surface area contributed by atoms with E-state index >= 15 is 0 Å². The number of ketones is 1. The molecule has 7 nitrogen and oxygen atoms in total. The third-order valence-corrected chi connectivity index (χ3v) is 7.08. The molecule has 2 N–H and O–H groups in total. The molecule has 0 saturated carbocycles. The van der Waals surface area contributed by atoms with Gasteiger partial charge in [0.05, 0.1) is 11.1 Å². The first kappa shape index (κ1) is 27.3. The van der Waals surface area contributed by atoms with Gasteiger partial charge >= 0.3 is 12.4 Å². The van der Waals surface area contributed by atoms with Crippen LogP contribution in [0.1, 0.15) is 39.7 Å². The van der Waals surface area contributed by atoms with Crippen molar-refractivity contribution in [3.05, 3.63) is 99.7 Å². The minimum absolute atomic E-state index is 0.129. The number of halogens is 4. The summed E-state index contributed by atoms with van der Waals surface area (Å²) in [5, 5.41) is 4.63. The highest BCUT2D eigenvalue weighted by atomic mass is 35.5. The largest absolute Gasteiger partial charge is 0.482 e. The van der Waals surface area contributed by atoms with Crippen LogP contribution in [0.3, 0.4) is 0 Å². The summed E-state index contributed by atoms with van der Waals surface area (Å²) < 4.78 is 46.3. The number of alkyl carbamates (subject to hydrolysis) is 1. The number of anilines is 1. The quantitative estimate of drug-likeness (QED) is 0.199. The van der Waals surface area contributed by atoms with Gasteiger partial charge in [-0.1, -0.05) is 41.9 Å². The summed E-state index contributed by atoms with van der Waals surface area (Å²) in [6.07, 6.45) is -5.31. The van der Waals surface area contributed by atoms with Crippen molar-refractivity contribution in [1.82, 2.24) is 9.88 Å². The maximum Gasteiger partial charge on any atom is 0.482 e. The molecule has 40 heavy (non-hydrogen) atoms. The van der Waals surface area contributed by atoms with Gasteiger partial charge in [0, 0.05) is 40.3 Å². The molecule has 0 spiro atoms. The van der Waals surface area contributed by atoms with Crippen LogP contribution in [0, 0.1) is 6.92 Å². The summed E-state index contributed by atoms with van der Waals surface area (Å²) in [5.41, 5.74) is 1.73. The van der Waals surface area contributed by atoms with E-state index in [1.54, 1.807) is 47.9 Å². The zero-order chi connectivity index (χ0) is 28.8. The molecule has 1 saturated heterocycles. The molecular formula is C29H23ClF3N3O4. The van der Waals surface area contributed by atoms with Crippen molar-refractivity contribution in [3.63, 3.8) is 0 Å². The molecule has 11 heteroatoms. The fourth-order valence-corrected chi connectivity index (χ4v) is 5.11. The zero-order valence-corrected chi connectivity index (χ0v) is 22.1. The number of aromatic nitrogens is 1. The van der Waals surface area contributed by atoms with Crippen LogP contribution in [0.15, 0.2) is 66.7 Å². The van der Waals surface area contributed by atoms with Crippen LogP contribution in [-0.2, 0) is 22.5 Å². The van der Waals surface area contributed by atoms with Crippen LogP contribution in [0.25, 0.3) is 10.9 Å². The Bertz CT molecular complexity index is 1660. The van der Waals surface area contributed by atoms with E-state index in [2.05, 4.69) is 5.32 Å². The van der Waals surface area contributed by atoms with Gasteiger partial charge in [-0.05, 0) is 61.4 Å². The van der Waals surface area contributed by atoms with Crippen LogP contribution in [0.2, 0.25) is 5.02 Å². The number of alkyl halides is 3. The third-order valence-electron chi connectivity index (χ3n) is 6.83. The predicted molar refractivity (Wildman–Crippen MR) is 144 cm³/mol. The van der Waals surface area contributed by atoms with Gasteiger partial charge in [-0.3, -0.25) is 20.2 Å². The van der Waals surface area contributed by atoms with Gasteiger partial charge in [0.1, 0.15) is 0 Å². The SMILES string of the molecule is Cc1c(C(=O)c2ccc(Cl)cc2)c2ccc(NC(F)(F)F)cc2n1Cc1cccc(C[C@@]2(C)OC(=O)NC2=O)c1. The van der Waals surface area contributed by atoms with E-state index in [0.29, 0.717) is 32.7 Å². The van der Waals surface area contributed by atoms with Crippen LogP contribution in [-0.4, -0.2) is 34.3 Å². The molecule has 3 aromatic carbocycles. The van der Waals surface area contributed by atoms with E-state index in [0.717, 1.165) is 11.1 Å². The standard InChI is InChI=1S/C29H23ClF3N3O4/c1-16-24(25(37)19-6-8-20(30)9-7-19)22-11-10-21(35-29(31,32)33)13-23(22)36(16)15-18-5-3-4-17(12-18)14-28(2)26(38)34-27(39)40-28/h3-13,35H,14-15H2,1-2H3,(H,34,38,39)/t28-/m1/s1. The number of hydrogen-bond donors (Lipinski definition) is 2. The van der Waals surface area contributed by atoms with Crippen molar-refractivity contribution >= 4 is 46.0 Å². The van der Waals surface area contributed by atoms with Gasteiger partial charge in [-0.25, -0.2) is 4.79 Å². The number of nitrogens with zero attached hydrogens (tertiary/aromatic N) is 1. The van der Waals surface area contributed by atoms with Gasteiger partial charge in [-0.15, -0.1) is 0 Å². The highest BCUT2D eigenvalue weighted by Gasteiger charge is 2.44. The minimum atomic E-state index is -4.64. The first-order valence-electron chi connectivity index (χ1n) is 12.2. The second-order valence-electron chi connectivity index (χ2n) is 9.81. The van der Waals surface area contributed by atoms with Crippen molar-refractivity contribution in [1.29, 1.82) is 0 Å². The monoisotopic (exact) mass is 569 g/mol. The van der Waals surface area contributed by atoms with E-state index in [1.807, 2.05) is 12.1 Å². The first-order chi connectivity index (χ1) is 18.8. The second kappa shape index (κ2) is 10.0. The molecule has 1 fully saturated rings.